The third-order valence-electron chi connectivity index (χ3n) is 2.69. The van der Waals surface area contributed by atoms with Gasteiger partial charge in [0.2, 0.25) is 5.91 Å². The van der Waals surface area contributed by atoms with Crippen LogP contribution in [-0.4, -0.2) is 15.9 Å². The molecule has 0 fully saturated rings. The molecular formula is C14H10ClN3OS2. The molecule has 106 valence electrons. The standard InChI is InChI=1S/C14H10ClN3OS2/c15-12-14(17-11(19)6-9-3-5-20-8-9)21-13(18-12)10-2-1-4-16-7-10/h1-5,7-8H,6H2,(H,17,19). The number of hydrogen-bond acceptors (Lipinski definition) is 5. The van der Waals surface area contributed by atoms with Crippen LogP contribution in [0.25, 0.3) is 10.6 Å². The lowest BCUT2D eigenvalue weighted by atomic mass is 10.2. The van der Waals surface area contributed by atoms with Crippen LogP contribution in [0.5, 0.6) is 0 Å². The van der Waals surface area contributed by atoms with E-state index in [1.165, 1.54) is 11.3 Å². The van der Waals surface area contributed by atoms with Gasteiger partial charge in [-0.15, -0.1) is 0 Å². The summed E-state index contributed by atoms with van der Waals surface area (Å²) in [6.07, 6.45) is 3.74. The summed E-state index contributed by atoms with van der Waals surface area (Å²) in [6, 6.07) is 5.66. The number of carbonyl (C=O) groups excluding carboxylic acids is 1. The Morgan fingerprint density at radius 2 is 2.29 bits per heavy atom. The highest BCUT2D eigenvalue weighted by molar-refractivity contribution is 7.19. The highest BCUT2D eigenvalue weighted by atomic mass is 35.5. The number of carbonyl (C=O) groups is 1. The minimum Gasteiger partial charge on any atom is -0.315 e. The van der Waals surface area contributed by atoms with E-state index in [0.717, 1.165) is 16.1 Å². The predicted molar refractivity (Wildman–Crippen MR) is 87.0 cm³/mol. The van der Waals surface area contributed by atoms with Gasteiger partial charge in [0.1, 0.15) is 10.0 Å². The minimum absolute atomic E-state index is 0.100. The molecule has 0 atom stereocenters. The van der Waals surface area contributed by atoms with E-state index in [0.29, 0.717) is 16.6 Å². The van der Waals surface area contributed by atoms with Gasteiger partial charge in [-0.05, 0) is 34.5 Å². The molecule has 0 spiro atoms. The van der Waals surface area contributed by atoms with Gasteiger partial charge < -0.3 is 5.32 Å². The Kier molecular flexibility index (Phi) is 4.28. The number of pyridine rings is 1. The van der Waals surface area contributed by atoms with Crippen LogP contribution in [0.4, 0.5) is 5.00 Å². The molecule has 3 aromatic heterocycles. The average molecular weight is 336 g/mol. The highest BCUT2D eigenvalue weighted by Crippen LogP contribution is 2.34. The summed E-state index contributed by atoms with van der Waals surface area (Å²) >= 11 is 9.00. The van der Waals surface area contributed by atoms with E-state index in [4.69, 9.17) is 11.6 Å². The fourth-order valence-corrected chi connectivity index (χ4v) is 3.57. The van der Waals surface area contributed by atoms with Crippen molar-refractivity contribution >= 4 is 45.2 Å². The van der Waals surface area contributed by atoms with E-state index >= 15 is 0 Å². The van der Waals surface area contributed by atoms with Crippen molar-refractivity contribution in [1.29, 1.82) is 0 Å². The fraction of sp³-hybridized carbons (Fsp3) is 0.0714. The molecule has 21 heavy (non-hydrogen) atoms. The van der Waals surface area contributed by atoms with Crippen LogP contribution < -0.4 is 5.32 Å². The second-order valence-corrected chi connectivity index (χ2v) is 6.37. The van der Waals surface area contributed by atoms with Crippen molar-refractivity contribution in [3.63, 3.8) is 0 Å². The third-order valence-corrected chi connectivity index (χ3v) is 4.83. The van der Waals surface area contributed by atoms with Gasteiger partial charge in [0.25, 0.3) is 0 Å². The molecule has 4 nitrogen and oxygen atoms in total. The molecule has 0 saturated carbocycles. The number of aromatic nitrogens is 2. The minimum atomic E-state index is -0.100. The summed E-state index contributed by atoms with van der Waals surface area (Å²) in [7, 11) is 0. The molecule has 0 saturated heterocycles. The summed E-state index contributed by atoms with van der Waals surface area (Å²) in [5, 5.41) is 8.31. The van der Waals surface area contributed by atoms with E-state index in [1.54, 1.807) is 23.7 Å². The Balaban J connectivity index is 1.74. The number of anilines is 1. The van der Waals surface area contributed by atoms with Crippen LogP contribution in [0, 0.1) is 0 Å². The van der Waals surface area contributed by atoms with Crippen molar-refractivity contribution in [3.8, 4) is 10.6 Å². The van der Waals surface area contributed by atoms with Crippen LogP contribution in [0.15, 0.2) is 41.4 Å². The lowest BCUT2D eigenvalue weighted by Crippen LogP contribution is -2.13. The van der Waals surface area contributed by atoms with Gasteiger partial charge >= 0.3 is 0 Å². The van der Waals surface area contributed by atoms with Crippen molar-refractivity contribution in [1.82, 2.24) is 9.97 Å². The van der Waals surface area contributed by atoms with Gasteiger partial charge in [-0.25, -0.2) is 4.98 Å². The molecule has 3 aromatic rings. The van der Waals surface area contributed by atoms with E-state index in [1.807, 2.05) is 29.0 Å². The Morgan fingerprint density at radius 3 is 3.00 bits per heavy atom. The molecule has 0 aliphatic heterocycles. The SMILES string of the molecule is O=C(Cc1ccsc1)Nc1sc(-c2cccnc2)nc1Cl. The normalized spacial score (nSPS) is 10.5. The molecule has 0 aliphatic rings. The molecule has 3 rings (SSSR count). The van der Waals surface area contributed by atoms with Gasteiger partial charge in [0, 0.05) is 18.0 Å². The lowest BCUT2D eigenvalue weighted by Gasteiger charge is -2.00. The summed E-state index contributed by atoms with van der Waals surface area (Å²) in [5.41, 5.74) is 1.87. The topological polar surface area (TPSA) is 54.9 Å². The zero-order valence-corrected chi connectivity index (χ0v) is 13.1. The van der Waals surface area contributed by atoms with Gasteiger partial charge in [-0.1, -0.05) is 22.9 Å². The van der Waals surface area contributed by atoms with E-state index in [2.05, 4.69) is 15.3 Å². The van der Waals surface area contributed by atoms with Crippen molar-refractivity contribution in [3.05, 3.63) is 52.1 Å². The first-order chi connectivity index (χ1) is 10.2. The Morgan fingerprint density at radius 1 is 1.38 bits per heavy atom. The zero-order chi connectivity index (χ0) is 14.7. The molecule has 1 amide bonds. The fourth-order valence-electron chi connectivity index (χ4n) is 1.74. The summed E-state index contributed by atoms with van der Waals surface area (Å²) in [4.78, 5) is 20.3. The maximum absolute atomic E-state index is 12.0. The Bertz CT molecular complexity index is 741. The Labute approximate surface area is 134 Å². The summed E-state index contributed by atoms with van der Waals surface area (Å²) in [5.74, 6) is -0.100. The van der Waals surface area contributed by atoms with Crippen molar-refractivity contribution in [2.24, 2.45) is 0 Å². The number of nitrogens with one attached hydrogen (secondary N) is 1. The number of rotatable bonds is 4. The van der Waals surface area contributed by atoms with Crippen LogP contribution >= 0.6 is 34.3 Å². The molecule has 1 N–H and O–H groups in total. The largest absolute Gasteiger partial charge is 0.315 e. The monoisotopic (exact) mass is 335 g/mol. The second kappa shape index (κ2) is 6.34. The maximum atomic E-state index is 12.0. The Hall–Kier alpha value is -1.76. The maximum Gasteiger partial charge on any atom is 0.229 e. The number of thiophene rings is 1. The molecule has 7 heteroatoms. The first kappa shape index (κ1) is 14.2. The predicted octanol–water partition coefficient (Wildman–Crippen LogP) is 4.10. The van der Waals surface area contributed by atoms with E-state index in [9.17, 15) is 4.79 Å². The van der Waals surface area contributed by atoms with Crippen LogP contribution in [0.3, 0.4) is 0 Å². The molecule has 0 aromatic carbocycles. The second-order valence-electron chi connectivity index (χ2n) is 4.24. The van der Waals surface area contributed by atoms with Gasteiger partial charge in [-0.3, -0.25) is 9.78 Å². The van der Waals surface area contributed by atoms with Gasteiger partial charge in [-0.2, -0.15) is 11.3 Å². The van der Waals surface area contributed by atoms with Gasteiger partial charge in [0.05, 0.1) is 6.42 Å². The third kappa shape index (κ3) is 3.47. The van der Waals surface area contributed by atoms with E-state index < -0.39 is 0 Å². The number of amides is 1. The highest BCUT2D eigenvalue weighted by Gasteiger charge is 2.14. The lowest BCUT2D eigenvalue weighted by molar-refractivity contribution is -0.115. The molecule has 3 heterocycles. The van der Waals surface area contributed by atoms with Crippen LogP contribution in [-0.2, 0) is 11.2 Å². The average Bonchev–Trinajstić information content (AvgIpc) is 3.11. The number of hydrogen-bond donors (Lipinski definition) is 1. The van der Waals surface area contributed by atoms with Crippen LogP contribution in [0.2, 0.25) is 5.15 Å². The summed E-state index contributed by atoms with van der Waals surface area (Å²) < 4.78 is 0. The molecule has 0 unspecified atom stereocenters. The van der Waals surface area contributed by atoms with E-state index in [-0.39, 0.29) is 5.91 Å². The van der Waals surface area contributed by atoms with Crippen molar-refractivity contribution < 1.29 is 4.79 Å². The molecule has 0 aliphatic carbocycles. The molecule has 0 bridgehead atoms. The van der Waals surface area contributed by atoms with Crippen molar-refractivity contribution in [2.75, 3.05) is 5.32 Å². The number of thiazole rings is 1. The van der Waals surface area contributed by atoms with Crippen molar-refractivity contribution in [2.45, 2.75) is 6.42 Å². The number of halogens is 1. The smallest absolute Gasteiger partial charge is 0.229 e. The number of nitrogens with zero attached hydrogens (tertiary/aromatic N) is 2. The zero-order valence-electron chi connectivity index (χ0n) is 10.7. The summed E-state index contributed by atoms with van der Waals surface area (Å²) in [6.45, 7) is 0. The first-order valence-corrected chi connectivity index (χ1v) is 8.24. The quantitative estimate of drug-likeness (QED) is 0.781. The first-order valence-electron chi connectivity index (χ1n) is 6.10. The molecule has 0 radical (unpaired) electrons. The van der Waals surface area contributed by atoms with Gasteiger partial charge in [0.15, 0.2) is 5.15 Å². The van der Waals surface area contributed by atoms with Crippen LogP contribution in [0.1, 0.15) is 5.56 Å². The molecular weight excluding hydrogens is 326 g/mol.